The first kappa shape index (κ1) is 26.0. The molecule has 0 bridgehead atoms. The number of Topliss-reactive ketones (excluding diaryl/α,β-unsaturated/α-hetero) is 1. The van der Waals surface area contributed by atoms with Crippen LogP contribution >= 0.6 is 11.6 Å². The summed E-state index contributed by atoms with van der Waals surface area (Å²) in [5.41, 5.74) is 2.51. The molecular formula is C34H26ClN3O4. The minimum absolute atomic E-state index is 0.314. The van der Waals surface area contributed by atoms with E-state index >= 15 is 0 Å². The second-order valence-corrected chi connectivity index (χ2v) is 11.1. The molecule has 4 unspecified atom stereocenters. The molecule has 0 saturated carbocycles. The van der Waals surface area contributed by atoms with Gasteiger partial charge in [0.25, 0.3) is 0 Å². The van der Waals surface area contributed by atoms with E-state index < -0.39 is 29.3 Å². The zero-order chi connectivity index (χ0) is 29.0. The number of benzene rings is 4. The van der Waals surface area contributed by atoms with Crippen molar-refractivity contribution in [3.8, 4) is 5.75 Å². The highest BCUT2D eigenvalue weighted by atomic mass is 35.5. The van der Waals surface area contributed by atoms with Gasteiger partial charge in [-0.1, -0.05) is 72.3 Å². The molecule has 3 heterocycles. The monoisotopic (exact) mass is 575 g/mol. The average molecular weight is 576 g/mol. The molecule has 1 saturated heterocycles. The van der Waals surface area contributed by atoms with Crippen molar-refractivity contribution in [2.45, 2.75) is 17.5 Å². The topological polar surface area (TPSA) is 87.7 Å². The SMILES string of the molecule is COc1cccc(C(=O)C2C(C(=O)Nc3ccc(Cl)cc3)N3c4ccccc4C=CC3C23C(=O)Nc2ccccc23)c1. The minimum Gasteiger partial charge on any atom is -0.497 e. The number of carbonyl (C=O) groups excluding carboxylic acids is 3. The van der Waals surface area contributed by atoms with Crippen molar-refractivity contribution in [2.75, 3.05) is 22.6 Å². The summed E-state index contributed by atoms with van der Waals surface area (Å²) in [7, 11) is 1.53. The standard InChI is InChI=1S/C34H26ClN3O4/c1-42-24-9-6-8-21(19-24)31(39)29-30(32(40)36-23-16-14-22(35)15-17-23)38-27-12-5-2-7-20(27)13-18-28(38)34(29)25-10-3-4-11-26(25)37-33(34)41/h2-19,28-30H,1H3,(H,36,40)(H,37,41). The van der Waals surface area contributed by atoms with Crippen LogP contribution in [0.25, 0.3) is 6.08 Å². The number of hydrogen-bond acceptors (Lipinski definition) is 5. The molecule has 7 rings (SSSR count). The molecule has 4 atom stereocenters. The summed E-state index contributed by atoms with van der Waals surface area (Å²) in [5, 5.41) is 6.58. The molecule has 0 aromatic heterocycles. The van der Waals surface area contributed by atoms with Gasteiger partial charge in [-0.25, -0.2) is 0 Å². The quantitative estimate of drug-likeness (QED) is 0.287. The predicted octanol–water partition coefficient (Wildman–Crippen LogP) is 5.96. The van der Waals surface area contributed by atoms with Gasteiger partial charge in [-0.05, 0) is 59.7 Å². The molecule has 8 heteroatoms. The number of ketones is 1. The fraction of sp³-hybridized carbons (Fsp3) is 0.147. The lowest BCUT2D eigenvalue weighted by atomic mass is 9.64. The highest BCUT2D eigenvalue weighted by molar-refractivity contribution is 6.30. The maximum absolute atomic E-state index is 14.8. The fourth-order valence-electron chi connectivity index (χ4n) is 6.83. The average Bonchev–Trinajstić information content (AvgIpc) is 3.50. The Morgan fingerprint density at radius 2 is 1.71 bits per heavy atom. The molecule has 3 aliphatic rings. The molecule has 0 aliphatic carbocycles. The van der Waals surface area contributed by atoms with E-state index in [1.165, 1.54) is 7.11 Å². The van der Waals surface area contributed by atoms with Crippen molar-refractivity contribution >= 4 is 52.3 Å². The van der Waals surface area contributed by atoms with Crippen LogP contribution in [0.15, 0.2) is 103 Å². The van der Waals surface area contributed by atoms with Gasteiger partial charge in [0.1, 0.15) is 17.2 Å². The lowest BCUT2D eigenvalue weighted by Crippen LogP contribution is -2.51. The van der Waals surface area contributed by atoms with Gasteiger partial charge in [0.05, 0.1) is 19.1 Å². The molecule has 4 aromatic rings. The Hall–Kier alpha value is -4.88. The van der Waals surface area contributed by atoms with Crippen molar-refractivity contribution in [2.24, 2.45) is 5.92 Å². The molecule has 0 radical (unpaired) electrons. The van der Waals surface area contributed by atoms with Crippen LogP contribution in [0.2, 0.25) is 5.02 Å². The van der Waals surface area contributed by atoms with Crippen LogP contribution in [0, 0.1) is 5.92 Å². The highest BCUT2D eigenvalue weighted by Crippen LogP contribution is 2.57. The molecule has 1 spiro atoms. The predicted molar refractivity (Wildman–Crippen MR) is 163 cm³/mol. The maximum atomic E-state index is 14.8. The second kappa shape index (κ2) is 9.89. The molecule has 208 valence electrons. The Kier molecular flexibility index (Phi) is 6.13. The van der Waals surface area contributed by atoms with Crippen LogP contribution in [0.4, 0.5) is 17.1 Å². The van der Waals surface area contributed by atoms with Gasteiger partial charge in [-0.3, -0.25) is 14.4 Å². The summed E-state index contributed by atoms with van der Waals surface area (Å²) < 4.78 is 5.42. The Labute approximate surface area is 247 Å². The first-order valence-corrected chi connectivity index (χ1v) is 14.0. The number of amides is 2. The summed E-state index contributed by atoms with van der Waals surface area (Å²) in [6.07, 6.45) is 3.92. The number of carbonyl (C=O) groups is 3. The van der Waals surface area contributed by atoms with Gasteiger partial charge in [0.15, 0.2) is 5.78 Å². The van der Waals surface area contributed by atoms with Crippen LogP contribution < -0.4 is 20.3 Å². The van der Waals surface area contributed by atoms with E-state index in [2.05, 4.69) is 10.6 Å². The molecule has 4 aromatic carbocycles. The Bertz CT molecular complexity index is 1790. The first-order valence-electron chi connectivity index (χ1n) is 13.6. The van der Waals surface area contributed by atoms with Crippen LogP contribution in [-0.4, -0.2) is 36.8 Å². The lowest BCUT2D eigenvalue weighted by Gasteiger charge is -2.37. The lowest BCUT2D eigenvalue weighted by molar-refractivity contribution is -0.122. The highest BCUT2D eigenvalue weighted by Gasteiger charge is 2.70. The summed E-state index contributed by atoms with van der Waals surface area (Å²) in [6, 6.07) is 27.1. The number of nitrogens with zero attached hydrogens (tertiary/aromatic N) is 1. The van der Waals surface area contributed by atoms with E-state index in [1.807, 2.05) is 65.6 Å². The van der Waals surface area contributed by atoms with E-state index in [9.17, 15) is 14.4 Å². The molecule has 1 fully saturated rings. The Balaban J connectivity index is 1.48. The van der Waals surface area contributed by atoms with Gasteiger partial charge in [0, 0.05) is 27.6 Å². The number of hydrogen-bond donors (Lipinski definition) is 2. The Morgan fingerprint density at radius 1 is 0.952 bits per heavy atom. The minimum atomic E-state index is -1.39. The molecular weight excluding hydrogens is 550 g/mol. The first-order chi connectivity index (χ1) is 20.4. The fourth-order valence-corrected chi connectivity index (χ4v) is 6.95. The summed E-state index contributed by atoms with van der Waals surface area (Å²) in [5.74, 6) is -1.61. The maximum Gasteiger partial charge on any atom is 0.247 e. The zero-order valence-electron chi connectivity index (χ0n) is 22.6. The Morgan fingerprint density at radius 3 is 2.52 bits per heavy atom. The number of rotatable bonds is 5. The van der Waals surface area contributed by atoms with Crippen LogP contribution in [-0.2, 0) is 15.0 Å². The smallest absolute Gasteiger partial charge is 0.247 e. The van der Waals surface area contributed by atoms with Crippen LogP contribution in [0.1, 0.15) is 21.5 Å². The normalized spacial score (nSPS) is 23.1. The third-order valence-electron chi connectivity index (χ3n) is 8.56. The van der Waals surface area contributed by atoms with Gasteiger partial charge >= 0.3 is 0 Å². The third kappa shape index (κ3) is 3.77. The largest absolute Gasteiger partial charge is 0.497 e. The van der Waals surface area contributed by atoms with E-state index in [0.29, 0.717) is 33.3 Å². The number of anilines is 3. The van der Waals surface area contributed by atoms with E-state index in [1.54, 1.807) is 48.5 Å². The summed E-state index contributed by atoms with van der Waals surface area (Å²) in [6.45, 7) is 0. The van der Waals surface area contributed by atoms with Gasteiger partial charge < -0.3 is 20.3 Å². The van der Waals surface area contributed by atoms with E-state index in [-0.39, 0.29) is 11.7 Å². The zero-order valence-corrected chi connectivity index (χ0v) is 23.3. The van der Waals surface area contributed by atoms with Crippen molar-refractivity contribution in [3.63, 3.8) is 0 Å². The molecule has 2 amide bonds. The van der Waals surface area contributed by atoms with Gasteiger partial charge in [-0.2, -0.15) is 0 Å². The number of nitrogens with one attached hydrogen (secondary N) is 2. The van der Waals surface area contributed by atoms with Crippen LogP contribution in [0.5, 0.6) is 5.75 Å². The number of fused-ring (bicyclic) bond motifs is 6. The number of para-hydroxylation sites is 2. The number of halogens is 1. The van der Waals surface area contributed by atoms with E-state index in [0.717, 1.165) is 11.3 Å². The molecule has 2 N–H and O–H groups in total. The molecule has 3 aliphatic heterocycles. The number of ether oxygens (including phenoxy) is 1. The third-order valence-corrected chi connectivity index (χ3v) is 8.81. The van der Waals surface area contributed by atoms with Crippen molar-refractivity contribution in [1.29, 1.82) is 0 Å². The second-order valence-electron chi connectivity index (χ2n) is 10.7. The number of methoxy groups -OCH3 is 1. The van der Waals surface area contributed by atoms with Crippen molar-refractivity contribution in [3.05, 3.63) is 125 Å². The molecule has 7 nitrogen and oxygen atoms in total. The van der Waals surface area contributed by atoms with E-state index in [4.69, 9.17) is 16.3 Å². The van der Waals surface area contributed by atoms with Crippen LogP contribution in [0.3, 0.4) is 0 Å². The van der Waals surface area contributed by atoms with Crippen molar-refractivity contribution in [1.82, 2.24) is 0 Å². The van der Waals surface area contributed by atoms with Gasteiger partial charge in [0.2, 0.25) is 11.8 Å². The van der Waals surface area contributed by atoms with Crippen molar-refractivity contribution < 1.29 is 19.1 Å². The summed E-state index contributed by atoms with van der Waals surface area (Å²) in [4.78, 5) is 45.6. The summed E-state index contributed by atoms with van der Waals surface area (Å²) >= 11 is 6.10. The van der Waals surface area contributed by atoms with Gasteiger partial charge in [-0.15, -0.1) is 0 Å². The molecule has 42 heavy (non-hydrogen) atoms.